The first-order chi connectivity index (χ1) is 7.75. The van der Waals surface area contributed by atoms with Crippen LogP contribution in [-0.4, -0.2) is 20.1 Å². The Bertz CT molecular complexity index is 613. The molecule has 3 heterocycles. The van der Waals surface area contributed by atoms with Crippen molar-refractivity contribution in [2.75, 3.05) is 0 Å². The molecule has 18 heavy (non-hydrogen) atoms. The Hall–Kier alpha value is -1.30. The van der Waals surface area contributed by atoms with Crippen LogP contribution in [0.4, 0.5) is 0 Å². The number of aromatic amines is 1. The molecule has 3 aromatic heterocycles. The lowest BCUT2D eigenvalue weighted by atomic mass is 10.2. The molecule has 2 N–H and O–H groups in total. The standard InChI is InChI=1S/C11H9N3OS.2ClH/c1-6-5-16-11(15)9(6)10-13-7-2-3-12-4-8(7)14-10;;/h2-5,15H,1H3,(H,13,14);2*1H. The van der Waals surface area contributed by atoms with E-state index in [9.17, 15) is 5.11 Å². The fourth-order valence-electron chi connectivity index (χ4n) is 1.69. The molecule has 3 aromatic rings. The molecule has 0 unspecified atom stereocenters. The SMILES string of the molecule is Cc1csc(O)c1-c1nc2ccncc2[nH]1.Cl.Cl. The van der Waals surface area contributed by atoms with E-state index in [1.165, 1.54) is 11.3 Å². The van der Waals surface area contributed by atoms with Gasteiger partial charge in [0.15, 0.2) is 5.06 Å². The minimum atomic E-state index is 0. The summed E-state index contributed by atoms with van der Waals surface area (Å²) in [6.07, 6.45) is 3.43. The van der Waals surface area contributed by atoms with Crippen LogP contribution >= 0.6 is 36.2 Å². The number of aromatic hydroxyl groups is 1. The van der Waals surface area contributed by atoms with Gasteiger partial charge in [-0.3, -0.25) is 4.98 Å². The topological polar surface area (TPSA) is 61.8 Å². The number of thiophene rings is 1. The van der Waals surface area contributed by atoms with Crippen molar-refractivity contribution in [2.45, 2.75) is 6.92 Å². The van der Waals surface area contributed by atoms with Crippen molar-refractivity contribution in [3.8, 4) is 16.5 Å². The Morgan fingerprint density at radius 1 is 1.33 bits per heavy atom. The first-order valence-electron chi connectivity index (χ1n) is 4.83. The molecule has 0 bridgehead atoms. The number of hydrogen-bond acceptors (Lipinski definition) is 4. The van der Waals surface area contributed by atoms with Crippen molar-refractivity contribution < 1.29 is 5.11 Å². The predicted octanol–water partition coefficient (Wildman–Crippen LogP) is 3.54. The summed E-state index contributed by atoms with van der Waals surface area (Å²) in [5.74, 6) is 0.694. The van der Waals surface area contributed by atoms with Gasteiger partial charge in [-0.1, -0.05) is 0 Å². The summed E-state index contributed by atoms with van der Waals surface area (Å²) in [6.45, 7) is 1.96. The second-order valence-corrected chi connectivity index (χ2v) is 4.44. The number of nitrogens with zero attached hydrogens (tertiary/aromatic N) is 2. The van der Waals surface area contributed by atoms with Crippen molar-refractivity contribution in [1.29, 1.82) is 0 Å². The zero-order valence-corrected chi connectivity index (χ0v) is 11.8. The lowest BCUT2D eigenvalue weighted by Gasteiger charge is -1.95. The zero-order valence-electron chi connectivity index (χ0n) is 9.38. The van der Waals surface area contributed by atoms with Gasteiger partial charge >= 0.3 is 0 Å². The van der Waals surface area contributed by atoms with E-state index in [0.29, 0.717) is 10.9 Å². The van der Waals surface area contributed by atoms with Crippen molar-refractivity contribution in [2.24, 2.45) is 0 Å². The summed E-state index contributed by atoms with van der Waals surface area (Å²) in [4.78, 5) is 11.6. The smallest absolute Gasteiger partial charge is 0.182 e. The van der Waals surface area contributed by atoms with Crippen LogP contribution in [0, 0.1) is 6.92 Å². The number of rotatable bonds is 1. The maximum atomic E-state index is 9.75. The van der Waals surface area contributed by atoms with Crippen molar-refractivity contribution >= 4 is 47.2 Å². The Labute approximate surface area is 120 Å². The number of hydrogen-bond donors (Lipinski definition) is 2. The zero-order chi connectivity index (χ0) is 11.1. The molecule has 3 rings (SSSR count). The van der Waals surface area contributed by atoms with E-state index in [1.807, 2.05) is 18.4 Å². The van der Waals surface area contributed by atoms with Gasteiger partial charge in [0.1, 0.15) is 5.82 Å². The minimum absolute atomic E-state index is 0. The maximum absolute atomic E-state index is 9.75. The molecular weight excluding hydrogens is 293 g/mol. The molecule has 0 atom stereocenters. The number of halogens is 2. The van der Waals surface area contributed by atoms with E-state index in [0.717, 1.165) is 22.2 Å². The Kier molecular flexibility index (Phi) is 4.56. The van der Waals surface area contributed by atoms with Gasteiger partial charge in [0, 0.05) is 6.20 Å². The average Bonchev–Trinajstić information content (AvgIpc) is 2.82. The Balaban J connectivity index is 0.000000810. The molecule has 0 fully saturated rings. The van der Waals surface area contributed by atoms with Crippen LogP contribution in [0.2, 0.25) is 0 Å². The molecule has 96 valence electrons. The van der Waals surface area contributed by atoms with Gasteiger partial charge in [-0.05, 0) is 23.9 Å². The van der Waals surface area contributed by atoms with Crippen molar-refractivity contribution in [3.63, 3.8) is 0 Å². The lowest BCUT2D eigenvalue weighted by molar-refractivity contribution is 0.492. The molecule has 0 spiro atoms. The molecule has 0 saturated heterocycles. The first kappa shape index (κ1) is 14.8. The predicted molar refractivity (Wildman–Crippen MR) is 78.1 cm³/mol. The number of imidazole rings is 1. The van der Waals surface area contributed by atoms with E-state index in [-0.39, 0.29) is 24.8 Å². The quantitative estimate of drug-likeness (QED) is 0.723. The monoisotopic (exact) mass is 303 g/mol. The van der Waals surface area contributed by atoms with E-state index in [1.54, 1.807) is 12.4 Å². The second-order valence-electron chi connectivity index (χ2n) is 3.58. The van der Waals surface area contributed by atoms with Crippen LogP contribution in [-0.2, 0) is 0 Å². The number of aromatic nitrogens is 3. The molecule has 0 saturated carbocycles. The van der Waals surface area contributed by atoms with Crippen LogP contribution in [0.5, 0.6) is 5.06 Å². The van der Waals surface area contributed by atoms with Gasteiger partial charge in [-0.25, -0.2) is 4.98 Å². The van der Waals surface area contributed by atoms with E-state index in [2.05, 4.69) is 15.0 Å². The summed E-state index contributed by atoms with van der Waals surface area (Å²) < 4.78 is 0. The molecular formula is C11H11Cl2N3OS. The lowest BCUT2D eigenvalue weighted by Crippen LogP contribution is -1.80. The molecule has 7 heteroatoms. The average molecular weight is 304 g/mol. The third-order valence-corrected chi connectivity index (χ3v) is 3.37. The molecule has 4 nitrogen and oxygen atoms in total. The summed E-state index contributed by atoms with van der Waals surface area (Å²) in [7, 11) is 0. The fraction of sp³-hybridized carbons (Fsp3) is 0.0909. The van der Waals surface area contributed by atoms with Crippen LogP contribution in [0.25, 0.3) is 22.4 Å². The van der Waals surface area contributed by atoms with Crippen LogP contribution in [0.1, 0.15) is 5.56 Å². The van der Waals surface area contributed by atoms with Gasteiger partial charge < -0.3 is 10.1 Å². The molecule has 0 aliphatic heterocycles. The minimum Gasteiger partial charge on any atom is -0.499 e. The van der Waals surface area contributed by atoms with Crippen LogP contribution < -0.4 is 0 Å². The highest BCUT2D eigenvalue weighted by molar-refractivity contribution is 7.12. The number of H-pyrrole nitrogens is 1. The number of fused-ring (bicyclic) bond motifs is 1. The van der Waals surface area contributed by atoms with Crippen LogP contribution in [0.3, 0.4) is 0 Å². The highest BCUT2D eigenvalue weighted by Gasteiger charge is 2.13. The molecule has 0 aromatic carbocycles. The van der Waals surface area contributed by atoms with Gasteiger partial charge in [-0.15, -0.1) is 36.2 Å². The summed E-state index contributed by atoms with van der Waals surface area (Å²) in [5.41, 5.74) is 3.54. The van der Waals surface area contributed by atoms with Gasteiger partial charge in [-0.2, -0.15) is 0 Å². The number of nitrogens with one attached hydrogen (secondary N) is 1. The second kappa shape index (κ2) is 5.56. The fourth-order valence-corrected chi connectivity index (χ4v) is 2.48. The van der Waals surface area contributed by atoms with Gasteiger partial charge in [0.2, 0.25) is 0 Å². The summed E-state index contributed by atoms with van der Waals surface area (Å²) in [6, 6.07) is 1.84. The highest BCUT2D eigenvalue weighted by atomic mass is 35.5. The summed E-state index contributed by atoms with van der Waals surface area (Å²) >= 11 is 1.32. The molecule has 0 radical (unpaired) electrons. The van der Waals surface area contributed by atoms with E-state index >= 15 is 0 Å². The largest absolute Gasteiger partial charge is 0.499 e. The van der Waals surface area contributed by atoms with Gasteiger partial charge in [0.25, 0.3) is 0 Å². The molecule has 0 aliphatic carbocycles. The Morgan fingerprint density at radius 3 is 2.72 bits per heavy atom. The summed E-state index contributed by atoms with van der Waals surface area (Å²) in [5, 5.41) is 12.0. The third kappa shape index (κ3) is 2.29. The number of pyridine rings is 1. The highest BCUT2D eigenvalue weighted by Crippen LogP contribution is 2.36. The normalized spacial score (nSPS) is 9.83. The van der Waals surface area contributed by atoms with Gasteiger partial charge in [0.05, 0.1) is 22.8 Å². The maximum Gasteiger partial charge on any atom is 0.182 e. The van der Waals surface area contributed by atoms with Crippen LogP contribution in [0.15, 0.2) is 23.8 Å². The third-order valence-electron chi connectivity index (χ3n) is 2.48. The molecule has 0 aliphatic rings. The van der Waals surface area contributed by atoms with E-state index < -0.39 is 0 Å². The number of aryl methyl sites for hydroxylation is 1. The van der Waals surface area contributed by atoms with Crippen molar-refractivity contribution in [1.82, 2.24) is 15.0 Å². The molecule has 0 amide bonds. The Morgan fingerprint density at radius 2 is 2.11 bits per heavy atom. The van der Waals surface area contributed by atoms with Crippen molar-refractivity contribution in [3.05, 3.63) is 29.4 Å². The first-order valence-corrected chi connectivity index (χ1v) is 5.71. The van der Waals surface area contributed by atoms with E-state index in [4.69, 9.17) is 0 Å².